The number of hydrogen-bond acceptors (Lipinski definition) is 4. The van der Waals surface area contributed by atoms with Crippen molar-refractivity contribution in [1.82, 2.24) is 15.5 Å². The van der Waals surface area contributed by atoms with Gasteiger partial charge in [-0.05, 0) is 38.8 Å². The fourth-order valence-corrected chi connectivity index (χ4v) is 3.14. The Morgan fingerprint density at radius 1 is 1.25 bits per heavy atom. The van der Waals surface area contributed by atoms with Gasteiger partial charge in [-0.25, -0.2) is 0 Å². The maximum absolute atomic E-state index is 12.2. The fraction of sp³-hybridized carbons (Fsp3) is 0.550. The van der Waals surface area contributed by atoms with Crippen molar-refractivity contribution >= 4 is 41.8 Å². The van der Waals surface area contributed by atoms with Crippen molar-refractivity contribution in [1.29, 1.82) is 0 Å². The van der Waals surface area contributed by atoms with Gasteiger partial charge in [-0.3, -0.25) is 14.6 Å². The van der Waals surface area contributed by atoms with E-state index >= 15 is 0 Å². The molecule has 1 aliphatic heterocycles. The molecule has 1 aromatic rings. The van der Waals surface area contributed by atoms with Crippen LogP contribution < -0.4 is 10.6 Å². The highest BCUT2D eigenvalue weighted by Crippen LogP contribution is 2.18. The normalized spacial score (nSPS) is 14.8. The Kier molecular flexibility index (Phi) is 10.9. The zero-order chi connectivity index (χ0) is 19.6. The van der Waals surface area contributed by atoms with E-state index in [9.17, 15) is 9.59 Å². The van der Waals surface area contributed by atoms with Gasteiger partial charge in [0, 0.05) is 31.7 Å². The Hall–Kier alpha value is -1.84. The summed E-state index contributed by atoms with van der Waals surface area (Å²) in [7, 11) is 1.44. The molecule has 28 heavy (non-hydrogen) atoms. The molecule has 2 N–H and O–H groups in total. The van der Waals surface area contributed by atoms with Gasteiger partial charge in [0.05, 0.1) is 19.6 Å². The number of halogens is 1. The number of carbonyl (C=O) groups excluding carboxylic acids is 2. The third-order valence-electron chi connectivity index (χ3n) is 4.60. The minimum absolute atomic E-state index is 0. The zero-order valence-electron chi connectivity index (χ0n) is 16.9. The molecule has 0 spiro atoms. The number of aliphatic imine (C=N–C) groups is 1. The number of ether oxygens (including phenoxy) is 1. The molecule has 0 aliphatic carbocycles. The molecule has 0 unspecified atom stereocenters. The molecule has 0 atom stereocenters. The van der Waals surface area contributed by atoms with E-state index in [0.29, 0.717) is 18.7 Å². The number of amides is 1. The number of nitrogens with one attached hydrogen (secondary N) is 2. The number of esters is 1. The number of benzene rings is 1. The van der Waals surface area contributed by atoms with Crippen LogP contribution in [0.3, 0.4) is 0 Å². The first kappa shape index (κ1) is 24.2. The van der Waals surface area contributed by atoms with Crippen LogP contribution in [0.25, 0.3) is 0 Å². The van der Waals surface area contributed by atoms with Gasteiger partial charge in [-0.1, -0.05) is 17.7 Å². The van der Waals surface area contributed by atoms with Crippen LogP contribution in [0.2, 0.25) is 0 Å². The minimum atomic E-state index is -0.129. The molecule has 1 amide bonds. The van der Waals surface area contributed by atoms with E-state index in [0.717, 1.165) is 44.0 Å². The van der Waals surface area contributed by atoms with E-state index in [1.807, 2.05) is 32.0 Å². The topological polar surface area (TPSA) is 83.0 Å². The van der Waals surface area contributed by atoms with Crippen LogP contribution in [0.15, 0.2) is 29.3 Å². The number of methoxy groups -OCH3 is 1. The Bertz CT molecular complexity index is 673. The molecule has 7 nitrogen and oxygen atoms in total. The van der Waals surface area contributed by atoms with Crippen LogP contribution in [0.4, 0.5) is 0 Å². The third-order valence-corrected chi connectivity index (χ3v) is 4.60. The lowest BCUT2D eigenvalue weighted by molar-refractivity contribution is -0.146. The van der Waals surface area contributed by atoms with E-state index < -0.39 is 0 Å². The van der Waals surface area contributed by atoms with Gasteiger partial charge in [0.1, 0.15) is 0 Å². The summed E-state index contributed by atoms with van der Waals surface area (Å²) in [6, 6.07) is 7.52. The number of piperidine rings is 1. The van der Waals surface area contributed by atoms with Gasteiger partial charge >= 0.3 is 5.97 Å². The summed E-state index contributed by atoms with van der Waals surface area (Å²) >= 11 is 0. The van der Waals surface area contributed by atoms with Crippen LogP contribution in [0.1, 0.15) is 35.7 Å². The molecule has 8 heteroatoms. The van der Waals surface area contributed by atoms with Crippen molar-refractivity contribution in [2.45, 2.75) is 26.7 Å². The first-order valence-electron chi connectivity index (χ1n) is 9.51. The van der Waals surface area contributed by atoms with Crippen LogP contribution in [-0.4, -0.2) is 62.6 Å². The minimum Gasteiger partial charge on any atom is -0.469 e. The molecule has 0 saturated carbocycles. The number of carbonyl (C=O) groups is 2. The van der Waals surface area contributed by atoms with Gasteiger partial charge in [0.2, 0.25) is 0 Å². The number of hydrogen-bond donors (Lipinski definition) is 2. The highest BCUT2D eigenvalue weighted by molar-refractivity contribution is 14.0. The number of aryl methyl sites for hydroxylation is 1. The van der Waals surface area contributed by atoms with Gasteiger partial charge in [-0.15, -0.1) is 24.0 Å². The van der Waals surface area contributed by atoms with Crippen molar-refractivity contribution in [2.75, 3.05) is 39.8 Å². The molecule has 1 aliphatic rings. The van der Waals surface area contributed by atoms with Gasteiger partial charge < -0.3 is 20.3 Å². The van der Waals surface area contributed by atoms with E-state index in [-0.39, 0.29) is 41.8 Å². The molecule has 1 fully saturated rings. The molecule has 156 valence electrons. The van der Waals surface area contributed by atoms with Crippen LogP contribution >= 0.6 is 24.0 Å². The van der Waals surface area contributed by atoms with Crippen molar-refractivity contribution in [3.8, 4) is 0 Å². The van der Waals surface area contributed by atoms with E-state index in [1.54, 1.807) is 6.07 Å². The third kappa shape index (κ3) is 7.29. The Morgan fingerprint density at radius 3 is 2.57 bits per heavy atom. The molecule has 1 saturated heterocycles. The molecule has 1 aromatic carbocycles. The van der Waals surface area contributed by atoms with E-state index in [4.69, 9.17) is 4.74 Å². The summed E-state index contributed by atoms with van der Waals surface area (Å²) in [5.74, 6) is 0.585. The van der Waals surface area contributed by atoms with Gasteiger partial charge in [0.25, 0.3) is 5.91 Å². The maximum Gasteiger partial charge on any atom is 0.308 e. The van der Waals surface area contributed by atoms with Crippen molar-refractivity contribution < 1.29 is 14.3 Å². The smallest absolute Gasteiger partial charge is 0.308 e. The molecular weight excluding hydrogens is 471 g/mol. The monoisotopic (exact) mass is 502 g/mol. The molecule has 1 heterocycles. The fourth-order valence-electron chi connectivity index (χ4n) is 3.14. The largest absolute Gasteiger partial charge is 0.469 e. The summed E-state index contributed by atoms with van der Waals surface area (Å²) in [4.78, 5) is 30.6. The summed E-state index contributed by atoms with van der Waals surface area (Å²) in [6.45, 7) is 7.26. The second-order valence-electron chi connectivity index (χ2n) is 6.65. The Morgan fingerprint density at radius 2 is 1.96 bits per heavy atom. The zero-order valence-corrected chi connectivity index (χ0v) is 19.2. The second-order valence-corrected chi connectivity index (χ2v) is 6.65. The standard InChI is InChI=1S/C20H30N4O3.HI/c1-4-21-20(24-12-8-16(9-13-24)19(26)27-3)23-11-10-22-18(25)17-7-5-6-15(2)14-17;/h5-7,14,16H,4,8-13H2,1-3H3,(H,21,23)(H,22,25);1H. The molecule has 0 bridgehead atoms. The lowest BCUT2D eigenvalue weighted by Crippen LogP contribution is -2.47. The van der Waals surface area contributed by atoms with Crippen LogP contribution in [-0.2, 0) is 9.53 Å². The number of rotatable bonds is 6. The Labute approximate surface area is 184 Å². The van der Waals surface area contributed by atoms with E-state index in [1.165, 1.54) is 7.11 Å². The summed E-state index contributed by atoms with van der Waals surface area (Å²) in [5.41, 5.74) is 1.72. The molecule has 0 aromatic heterocycles. The quantitative estimate of drug-likeness (QED) is 0.205. The number of guanidine groups is 1. The first-order valence-corrected chi connectivity index (χ1v) is 9.51. The van der Waals surface area contributed by atoms with Crippen molar-refractivity contribution in [2.24, 2.45) is 10.9 Å². The summed E-state index contributed by atoms with van der Waals surface area (Å²) in [6.07, 6.45) is 1.53. The van der Waals surface area contributed by atoms with Gasteiger partial charge in [-0.2, -0.15) is 0 Å². The van der Waals surface area contributed by atoms with E-state index in [2.05, 4.69) is 20.5 Å². The van der Waals surface area contributed by atoms with Crippen LogP contribution in [0, 0.1) is 12.8 Å². The average Bonchev–Trinajstić information content (AvgIpc) is 2.69. The number of likely N-dealkylation sites (tertiary alicyclic amines) is 1. The lowest BCUT2D eigenvalue weighted by Gasteiger charge is -2.33. The summed E-state index contributed by atoms with van der Waals surface area (Å²) in [5, 5.41) is 6.19. The predicted octanol–water partition coefficient (Wildman–Crippen LogP) is 2.19. The number of nitrogens with zero attached hydrogens (tertiary/aromatic N) is 2. The maximum atomic E-state index is 12.2. The van der Waals surface area contributed by atoms with Crippen molar-refractivity contribution in [3.63, 3.8) is 0 Å². The second kappa shape index (κ2) is 12.6. The molecular formula is C20H31IN4O3. The SMILES string of the molecule is CCNC(=NCCNC(=O)c1cccc(C)c1)N1CCC(C(=O)OC)CC1.I. The summed E-state index contributed by atoms with van der Waals surface area (Å²) < 4.78 is 4.84. The van der Waals surface area contributed by atoms with Gasteiger partial charge in [0.15, 0.2) is 5.96 Å². The first-order chi connectivity index (χ1) is 13.0. The average molecular weight is 502 g/mol. The highest BCUT2D eigenvalue weighted by atomic mass is 127. The predicted molar refractivity (Wildman–Crippen MR) is 121 cm³/mol. The van der Waals surface area contributed by atoms with Crippen LogP contribution in [0.5, 0.6) is 0 Å². The lowest BCUT2D eigenvalue weighted by atomic mass is 9.97. The Balaban J connectivity index is 0.00000392. The molecule has 2 rings (SSSR count). The van der Waals surface area contributed by atoms with Crippen molar-refractivity contribution in [3.05, 3.63) is 35.4 Å². The highest BCUT2D eigenvalue weighted by Gasteiger charge is 2.26. The molecule has 0 radical (unpaired) electrons.